The van der Waals surface area contributed by atoms with Crippen LogP contribution >= 0.6 is 22.9 Å². The fourth-order valence-electron chi connectivity index (χ4n) is 5.08. The number of benzene rings is 2. The van der Waals surface area contributed by atoms with Crippen molar-refractivity contribution in [3.63, 3.8) is 0 Å². The second-order valence-electron chi connectivity index (χ2n) is 9.25. The summed E-state index contributed by atoms with van der Waals surface area (Å²) in [7, 11) is 0. The summed E-state index contributed by atoms with van der Waals surface area (Å²) in [4.78, 5) is 33.1. The van der Waals surface area contributed by atoms with Crippen molar-refractivity contribution in [1.82, 2.24) is 9.88 Å². The molecule has 3 amide bonds. The predicted octanol–water partition coefficient (Wildman–Crippen LogP) is 5.35. The first-order valence-corrected chi connectivity index (χ1v) is 12.8. The largest absolute Gasteiger partial charge is 0.490 e. The molecule has 35 heavy (non-hydrogen) atoms. The van der Waals surface area contributed by atoms with Gasteiger partial charge in [0.05, 0.1) is 12.3 Å². The molecule has 1 saturated heterocycles. The number of halogens is 1. The fourth-order valence-corrected chi connectivity index (χ4v) is 5.89. The number of carbonyl (C=O) groups excluding carboxylic acids is 2. The van der Waals surface area contributed by atoms with E-state index in [1.807, 2.05) is 41.3 Å². The average molecular weight is 511 g/mol. The molecule has 0 aliphatic carbocycles. The van der Waals surface area contributed by atoms with Crippen molar-refractivity contribution in [1.29, 1.82) is 0 Å². The number of rotatable bonds is 5. The first-order valence-electron chi connectivity index (χ1n) is 11.6. The molecule has 2 aromatic carbocycles. The normalized spacial score (nSPS) is 19.6. The summed E-state index contributed by atoms with van der Waals surface area (Å²) in [5.74, 6) is 0.814. The lowest BCUT2D eigenvalue weighted by atomic mass is 9.81. The van der Waals surface area contributed by atoms with Crippen molar-refractivity contribution in [3.05, 3.63) is 70.2 Å². The number of ether oxygens (including phenoxy) is 1. The fraction of sp³-hybridized carbons (Fsp3) is 0.346. The van der Waals surface area contributed by atoms with Gasteiger partial charge in [0.1, 0.15) is 10.1 Å². The topological polar surface area (TPSA) is 74.8 Å². The Morgan fingerprint density at radius 2 is 2.03 bits per heavy atom. The lowest BCUT2D eigenvalue weighted by Gasteiger charge is -2.25. The third kappa shape index (κ3) is 4.86. The van der Waals surface area contributed by atoms with E-state index >= 15 is 0 Å². The highest BCUT2D eigenvalue weighted by atomic mass is 35.5. The van der Waals surface area contributed by atoms with Crippen molar-refractivity contribution in [2.75, 3.05) is 29.9 Å². The van der Waals surface area contributed by atoms with Crippen molar-refractivity contribution in [3.8, 4) is 5.75 Å². The second-order valence-corrected chi connectivity index (χ2v) is 10.9. The Morgan fingerprint density at radius 3 is 2.71 bits per heavy atom. The monoisotopic (exact) mass is 510 g/mol. The molecule has 2 aliphatic heterocycles. The summed E-state index contributed by atoms with van der Waals surface area (Å²) < 4.78 is 6.80. The lowest BCUT2D eigenvalue weighted by Crippen LogP contribution is -2.41. The van der Waals surface area contributed by atoms with Gasteiger partial charge in [-0.05, 0) is 42.7 Å². The number of aromatic nitrogens is 1. The zero-order chi connectivity index (χ0) is 24.6. The molecule has 1 spiro atoms. The highest BCUT2D eigenvalue weighted by molar-refractivity contribution is 7.19. The molecule has 9 heteroatoms. The number of likely N-dealkylation sites (tertiary alicyclic amines) is 1. The number of hydrogen-bond donors (Lipinski definition) is 1. The molecule has 1 N–H and O–H groups in total. The van der Waals surface area contributed by atoms with Crippen molar-refractivity contribution in [2.24, 2.45) is 0 Å². The number of urea groups is 1. The van der Waals surface area contributed by atoms with Crippen LogP contribution < -0.4 is 15.0 Å². The molecule has 3 heterocycles. The molecule has 2 unspecified atom stereocenters. The molecule has 7 nitrogen and oxygen atoms in total. The van der Waals surface area contributed by atoms with Gasteiger partial charge in [-0.2, -0.15) is 0 Å². The first kappa shape index (κ1) is 23.6. The molecule has 3 aromatic rings. The van der Waals surface area contributed by atoms with Crippen LogP contribution in [0.2, 0.25) is 4.34 Å². The number of anilines is 2. The van der Waals surface area contributed by atoms with Crippen molar-refractivity contribution in [2.45, 2.75) is 38.2 Å². The van der Waals surface area contributed by atoms with Crippen LogP contribution in [0.25, 0.3) is 0 Å². The minimum atomic E-state index is -0.332. The predicted molar refractivity (Wildman–Crippen MR) is 139 cm³/mol. The van der Waals surface area contributed by atoms with Crippen LogP contribution in [0.3, 0.4) is 0 Å². The van der Waals surface area contributed by atoms with Crippen LogP contribution in [0.4, 0.5) is 15.6 Å². The highest BCUT2D eigenvalue weighted by Crippen LogP contribution is 2.48. The molecule has 182 valence electrons. The Kier molecular flexibility index (Phi) is 6.42. The Balaban J connectivity index is 1.41. The van der Waals surface area contributed by atoms with Gasteiger partial charge < -0.3 is 9.64 Å². The number of amides is 3. The van der Waals surface area contributed by atoms with E-state index in [0.717, 1.165) is 29.8 Å². The number of nitrogens with one attached hydrogen (secondary N) is 1. The summed E-state index contributed by atoms with van der Waals surface area (Å²) >= 11 is 7.20. The molecular formula is C26H27ClN4O3S. The van der Waals surface area contributed by atoms with Gasteiger partial charge in [0.25, 0.3) is 0 Å². The van der Waals surface area contributed by atoms with Gasteiger partial charge in [-0.1, -0.05) is 53.3 Å². The second kappa shape index (κ2) is 9.51. The van der Waals surface area contributed by atoms with E-state index in [9.17, 15) is 9.59 Å². The minimum Gasteiger partial charge on any atom is -0.490 e. The highest BCUT2D eigenvalue weighted by Gasteiger charge is 2.49. The molecule has 5 rings (SSSR count). The van der Waals surface area contributed by atoms with Crippen LogP contribution in [-0.4, -0.2) is 47.6 Å². The zero-order valence-electron chi connectivity index (χ0n) is 19.7. The summed E-state index contributed by atoms with van der Waals surface area (Å²) in [5, 5.41) is 3.31. The van der Waals surface area contributed by atoms with E-state index in [2.05, 4.69) is 29.4 Å². The van der Waals surface area contributed by atoms with E-state index in [1.54, 1.807) is 11.8 Å². The zero-order valence-corrected chi connectivity index (χ0v) is 21.2. The Bertz CT molecular complexity index is 1250. The summed E-state index contributed by atoms with van der Waals surface area (Å²) in [6.45, 7) is 5.38. The molecule has 2 aliphatic rings. The first-order chi connectivity index (χ1) is 16.8. The lowest BCUT2D eigenvalue weighted by molar-refractivity contribution is -0.127. The summed E-state index contributed by atoms with van der Waals surface area (Å²) in [5.41, 5.74) is 2.76. The SMILES string of the molecule is CC(=O)N1CCC2(C1)CN(C(=O)Nc1ncc(Cl)s1)c1ccc(OC(C)Cc3ccccc3)cc12. The Hall–Kier alpha value is -3.10. The van der Waals surface area contributed by atoms with Gasteiger partial charge in [0.15, 0.2) is 5.13 Å². The van der Waals surface area contributed by atoms with E-state index in [-0.39, 0.29) is 23.5 Å². The standard InChI is InChI=1S/C26H27ClN4O3S/c1-17(12-19-6-4-3-5-7-19)34-20-8-9-22-21(13-20)26(10-11-30(15-26)18(2)32)16-31(22)25(33)29-24-28-14-23(27)35-24/h3-9,13-14,17H,10-12,15-16H2,1-2H3,(H,28,29,33). The van der Waals surface area contributed by atoms with Gasteiger partial charge in [-0.15, -0.1) is 0 Å². The number of nitrogens with zero attached hydrogens (tertiary/aromatic N) is 3. The van der Waals surface area contributed by atoms with Crippen LogP contribution in [0, 0.1) is 0 Å². The number of fused-ring (bicyclic) bond motifs is 2. The molecule has 1 fully saturated rings. The number of hydrogen-bond acceptors (Lipinski definition) is 5. The maximum Gasteiger partial charge on any atom is 0.328 e. The van der Waals surface area contributed by atoms with Crippen molar-refractivity contribution < 1.29 is 14.3 Å². The molecule has 1 aromatic heterocycles. The molecular weight excluding hydrogens is 484 g/mol. The Morgan fingerprint density at radius 1 is 1.23 bits per heavy atom. The Labute approximate surface area is 213 Å². The molecule has 0 saturated carbocycles. The molecule has 0 bridgehead atoms. The minimum absolute atomic E-state index is 0.0147. The molecule has 2 atom stereocenters. The van der Waals surface area contributed by atoms with Crippen LogP contribution in [0.15, 0.2) is 54.7 Å². The van der Waals surface area contributed by atoms with Crippen LogP contribution in [-0.2, 0) is 16.6 Å². The number of thiazole rings is 1. The van der Waals surface area contributed by atoms with Gasteiger partial charge in [0, 0.05) is 44.1 Å². The summed E-state index contributed by atoms with van der Waals surface area (Å²) in [6, 6.07) is 15.9. The van der Waals surface area contributed by atoms with Gasteiger partial charge in [-0.25, -0.2) is 9.78 Å². The van der Waals surface area contributed by atoms with E-state index in [4.69, 9.17) is 16.3 Å². The average Bonchev–Trinajstić information content (AvgIpc) is 3.53. The summed E-state index contributed by atoms with van der Waals surface area (Å²) in [6.07, 6.45) is 3.09. The third-order valence-corrected chi connectivity index (χ3v) is 7.76. The van der Waals surface area contributed by atoms with Crippen LogP contribution in [0.5, 0.6) is 5.75 Å². The smallest absolute Gasteiger partial charge is 0.328 e. The van der Waals surface area contributed by atoms with Crippen LogP contribution in [0.1, 0.15) is 31.4 Å². The quantitative estimate of drug-likeness (QED) is 0.502. The number of carbonyl (C=O) groups is 2. The van der Waals surface area contributed by atoms with Gasteiger partial charge >= 0.3 is 6.03 Å². The molecule has 0 radical (unpaired) electrons. The third-order valence-electron chi connectivity index (χ3n) is 6.73. The van der Waals surface area contributed by atoms with Gasteiger partial charge in [0.2, 0.25) is 5.91 Å². The maximum atomic E-state index is 13.2. The van der Waals surface area contributed by atoms with Crippen molar-refractivity contribution >= 4 is 45.7 Å². The van der Waals surface area contributed by atoms with E-state index in [1.165, 1.54) is 23.1 Å². The van der Waals surface area contributed by atoms with E-state index in [0.29, 0.717) is 29.1 Å². The van der Waals surface area contributed by atoms with E-state index < -0.39 is 0 Å². The van der Waals surface area contributed by atoms with Gasteiger partial charge in [-0.3, -0.25) is 15.0 Å². The maximum absolute atomic E-state index is 13.2.